The van der Waals surface area contributed by atoms with Crippen molar-refractivity contribution in [3.8, 4) is 33.9 Å². The standard InChI is InChI=1S/C29H20N2O3/c32-27(21-9-5-2-6-10-21)22-13-11-20(12-14-22)26-25(19-7-3-1-4-8-19)30-28(31-26)23-15-17-24(18-16-23)29(33)34/h1-18H,(H,30,31)(H,33,34). The van der Waals surface area contributed by atoms with Gasteiger partial charge in [-0.05, 0) is 12.1 Å². The lowest BCUT2D eigenvalue weighted by atomic mass is 10.00. The number of aromatic nitrogens is 2. The number of hydrogen-bond acceptors (Lipinski definition) is 3. The van der Waals surface area contributed by atoms with Crippen molar-refractivity contribution in [3.63, 3.8) is 0 Å². The molecular weight excluding hydrogens is 424 g/mol. The largest absolute Gasteiger partial charge is 0.478 e. The van der Waals surface area contributed by atoms with Crippen molar-refractivity contribution in [2.24, 2.45) is 0 Å². The van der Waals surface area contributed by atoms with Crippen molar-refractivity contribution in [1.29, 1.82) is 0 Å². The number of hydrogen-bond donors (Lipinski definition) is 2. The number of nitrogens with one attached hydrogen (secondary N) is 1. The van der Waals surface area contributed by atoms with Gasteiger partial charge in [-0.3, -0.25) is 4.79 Å². The Hall–Kier alpha value is -4.77. The lowest BCUT2D eigenvalue weighted by Gasteiger charge is -2.05. The van der Waals surface area contributed by atoms with Crippen LogP contribution < -0.4 is 0 Å². The molecule has 0 fully saturated rings. The lowest BCUT2D eigenvalue weighted by Crippen LogP contribution is -2.00. The van der Waals surface area contributed by atoms with Gasteiger partial charge in [-0.1, -0.05) is 97.1 Å². The molecule has 0 saturated carbocycles. The Kier molecular flexibility index (Phi) is 5.58. The SMILES string of the molecule is O=C(O)c1ccc(-c2nc(-c3ccccc3)c(-c3ccc(C(=O)c4ccccc4)cc3)[nH]2)cc1. The number of H-pyrrole nitrogens is 1. The number of carbonyl (C=O) groups excluding carboxylic acids is 1. The summed E-state index contributed by atoms with van der Waals surface area (Å²) in [6, 6.07) is 33.1. The number of rotatable bonds is 6. The Morgan fingerprint density at radius 2 is 1.12 bits per heavy atom. The smallest absolute Gasteiger partial charge is 0.335 e. The van der Waals surface area contributed by atoms with E-state index < -0.39 is 5.97 Å². The number of aromatic carboxylic acids is 1. The van der Waals surface area contributed by atoms with Crippen molar-refractivity contribution in [3.05, 3.63) is 126 Å². The van der Waals surface area contributed by atoms with Crippen molar-refractivity contribution in [2.45, 2.75) is 0 Å². The van der Waals surface area contributed by atoms with Crippen LogP contribution in [0.5, 0.6) is 0 Å². The van der Waals surface area contributed by atoms with Gasteiger partial charge in [0.2, 0.25) is 0 Å². The summed E-state index contributed by atoms with van der Waals surface area (Å²) in [5.74, 6) is -0.365. The van der Waals surface area contributed by atoms with Gasteiger partial charge in [-0.25, -0.2) is 9.78 Å². The molecule has 0 atom stereocenters. The number of imidazole rings is 1. The van der Waals surface area contributed by atoms with Gasteiger partial charge in [0, 0.05) is 27.8 Å². The molecule has 0 radical (unpaired) electrons. The topological polar surface area (TPSA) is 83.0 Å². The summed E-state index contributed by atoms with van der Waals surface area (Å²) in [7, 11) is 0. The summed E-state index contributed by atoms with van der Waals surface area (Å²) in [6.45, 7) is 0. The second-order valence-electron chi connectivity index (χ2n) is 7.83. The summed E-state index contributed by atoms with van der Waals surface area (Å²) in [4.78, 5) is 32.2. The summed E-state index contributed by atoms with van der Waals surface area (Å²) < 4.78 is 0. The van der Waals surface area contributed by atoms with Crippen LogP contribution in [0, 0.1) is 0 Å². The summed E-state index contributed by atoms with van der Waals surface area (Å²) in [6.07, 6.45) is 0. The van der Waals surface area contributed by atoms with Gasteiger partial charge < -0.3 is 10.1 Å². The van der Waals surface area contributed by atoms with Crippen LogP contribution in [0.3, 0.4) is 0 Å². The highest BCUT2D eigenvalue weighted by Gasteiger charge is 2.16. The maximum atomic E-state index is 12.8. The second kappa shape index (κ2) is 9.00. The van der Waals surface area contributed by atoms with Crippen LogP contribution >= 0.6 is 0 Å². The number of aromatic amines is 1. The fourth-order valence-electron chi connectivity index (χ4n) is 3.84. The minimum Gasteiger partial charge on any atom is -0.478 e. The molecule has 0 aliphatic heterocycles. The van der Waals surface area contributed by atoms with Crippen molar-refractivity contribution < 1.29 is 14.7 Å². The van der Waals surface area contributed by atoms with E-state index in [1.807, 2.05) is 72.8 Å². The Balaban J connectivity index is 1.55. The quantitative estimate of drug-likeness (QED) is 0.299. The van der Waals surface area contributed by atoms with Crippen molar-refractivity contribution in [2.75, 3.05) is 0 Å². The number of carboxylic acids is 1. The Morgan fingerprint density at radius 3 is 1.74 bits per heavy atom. The zero-order chi connectivity index (χ0) is 23.5. The first kappa shape index (κ1) is 21.1. The van der Waals surface area contributed by atoms with E-state index in [9.17, 15) is 14.7 Å². The van der Waals surface area contributed by atoms with Gasteiger partial charge in [-0.2, -0.15) is 0 Å². The van der Waals surface area contributed by atoms with E-state index >= 15 is 0 Å². The third-order valence-corrected chi connectivity index (χ3v) is 5.63. The van der Waals surface area contributed by atoms with E-state index in [0.29, 0.717) is 17.0 Å². The van der Waals surface area contributed by atoms with Gasteiger partial charge in [0.15, 0.2) is 5.78 Å². The molecule has 5 heteroatoms. The third-order valence-electron chi connectivity index (χ3n) is 5.63. The predicted molar refractivity (Wildman–Crippen MR) is 132 cm³/mol. The number of carbonyl (C=O) groups is 2. The highest BCUT2D eigenvalue weighted by atomic mass is 16.4. The number of carboxylic acid groups (broad SMARTS) is 1. The van der Waals surface area contributed by atoms with E-state index in [0.717, 1.165) is 28.1 Å². The van der Waals surface area contributed by atoms with Gasteiger partial charge >= 0.3 is 5.97 Å². The fourth-order valence-corrected chi connectivity index (χ4v) is 3.84. The van der Waals surface area contributed by atoms with Gasteiger partial charge in [0.05, 0.1) is 17.0 Å². The van der Waals surface area contributed by atoms with E-state index in [-0.39, 0.29) is 11.3 Å². The zero-order valence-electron chi connectivity index (χ0n) is 18.1. The first-order valence-electron chi connectivity index (χ1n) is 10.8. The molecule has 1 heterocycles. The van der Waals surface area contributed by atoms with Crippen molar-refractivity contribution >= 4 is 11.8 Å². The van der Waals surface area contributed by atoms with Gasteiger partial charge in [-0.15, -0.1) is 0 Å². The van der Waals surface area contributed by atoms with Gasteiger partial charge in [0.25, 0.3) is 0 Å². The second-order valence-corrected chi connectivity index (χ2v) is 7.83. The normalized spacial score (nSPS) is 10.7. The predicted octanol–water partition coefficient (Wildman–Crippen LogP) is 6.34. The van der Waals surface area contributed by atoms with E-state index in [2.05, 4.69) is 4.98 Å². The lowest BCUT2D eigenvalue weighted by molar-refractivity contribution is 0.0696. The molecule has 0 amide bonds. The molecule has 5 rings (SSSR count). The molecule has 4 aromatic carbocycles. The van der Waals surface area contributed by atoms with Crippen molar-refractivity contribution in [1.82, 2.24) is 9.97 Å². The number of benzene rings is 4. The highest BCUT2D eigenvalue weighted by molar-refractivity contribution is 6.09. The molecule has 0 unspecified atom stereocenters. The molecule has 0 aliphatic carbocycles. The molecule has 164 valence electrons. The molecule has 0 spiro atoms. The molecule has 0 aliphatic rings. The van der Waals surface area contributed by atoms with E-state index in [1.54, 1.807) is 36.4 Å². The zero-order valence-corrected chi connectivity index (χ0v) is 18.1. The Morgan fingerprint density at radius 1 is 0.588 bits per heavy atom. The highest BCUT2D eigenvalue weighted by Crippen LogP contribution is 2.33. The minimum absolute atomic E-state index is 0.0285. The Bertz CT molecular complexity index is 1450. The van der Waals surface area contributed by atoms with Crippen LogP contribution in [0.25, 0.3) is 33.9 Å². The molecule has 5 nitrogen and oxygen atoms in total. The maximum Gasteiger partial charge on any atom is 0.335 e. The summed E-state index contributed by atoms with van der Waals surface area (Å²) in [5, 5.41) is 9.18. The van der Waals surface area contributed by atoms with Crippen LogP contribution in [0.2, 0.25) is 0 Å². The first-order chi connectivity index (χ1) is 16.6. The Labute approximate surface area is 196 Å². The molecular formula is C29H20N2O3. The molecule has 0 saturated heterocycles. The summed E-state index contributed by atoms with van der Waals surface area (Å²) in [5.41, 5.74) is 5.70. The fraction of sp³-hybridized carbons (Fsp3) is 0. The van der Waals surface area contributed by atoms with Crippen LogP contribution in [-0.2, 0) is 0 Å². The van der Waals surface area contributed by atoms with Gasteiger partial charge in [0.1, 0.15) is 5.82 Å². The van der Waals surface area contributed by atoms with Crippen LogP contribution in [0.4, 0.5) is 0 Å². The maximum absolute atomic E-state index is 12.8. The van der Waals surface area contributed by atoms with E-state index in [1.165, 1.54) is 0 Å². The third kappa shape index (κ3) is 4.14. The average molecular weight is 444 g/mol. The number of ketones is 1. The van der Waals surface area contributed by atoms with Crippen LogP contribution in [0.1, 0.15) is 26.3 Å². The summed E-state index contributed by atoms with van der Waals surface area (Å²) >= 11 is 0. The molecule has 0 bridgehead atoms. The van der Waals surface area contributed by atoms with E-state index in [4.69, 9.17) is 4.98 Å². The molecule has 5 aromatic rings. The number of nitrogens with zero attached hydrogens (tertiary/aromatic N) is 1. The minimum atomic E-state index is -0.971. The van der Waals surface area contributed by atoms with Crippen LogP contribution in [-0.4, -0.2) is 26.8 Å². The monoisotopic (exact) mass is 444 g/mol. The molecule has 34 heavy (non-hydrogen) atoms. The molecule has 1 aromatic heterocycles. The van der Waals surface area contributed by atoms with Crippen LogP contribution in [0.15, 0.2) is 109 Å². The molecule has 2 N–H and O–H groups in total. The first-order valence-corrected chi connectivity index (χ1v) is 10.8. The average Bonchev–Trinajstić information content (AvgIpc) is 3.35.